The average Bonchev–Trinajstić information content (AvgIpc) is 3.46. The van der Waals surface area contributed by atoms with E-state index in [2.05, 4.69) is 328 Å². The topological polar surface area (TPSA) is 0 Å². The molecular weight excluding hydrogens is 865 g/mol. The SMILES string of the molecule is C(=C(c1ccccc1)c1ccccc1)c1ccc(/C=C/c2cc(/C=C/c3ccc(C=C(c4ccccc4)c4ccccc4)cc3)cc(/C=C/c3ccc(C=C(c4ccccc4)c4ccccc4)cc3)c2)cc1. The first kappa shape index (κ1) is 46.4. The minimum Gasteiger partial charge on any atom is -0.0622 e. The Bertz CT molecular complexity index is 2990. The van der Waals surface area contributed by atoms with E-state index in [1.165, 1.54) is 50.1 Å². The first-order chi connectivity index (χ1) is 35.6. The molecule has 0 aromatic heterocycles. The van der Waals surface area contributed by atoms with Crippen LogP contribution in [0.2, 0.25) is 0 Å². The third kappa shape index (κ3) is 12.4. The molecule has 0 heterocycles. The van der Waals surface area contributed by atoms with E-state index in [1.54, 1.807) is 0 Å². The van der Waals surface area contributed by atoms with Crippen LogP contribution >= 0.6 is 0 Å². The van der Waals surface area contributed by atoms with Gasteiger partial charge in [-0.25, -0.2) is 0 Å². The molecule has 0 atom stereocenters. The lowest BCUT2D eigenvalue weighted by Crippen LogP contribution is -1.88. The molecule has 0 amide bonds. The Kier molecular flexibility index (Phi) is 15.0. The molecule has 0 nitrogen and oxygen atoms in total. The van der Waals surface area contributed by atoms with Gasteiger partial charge in [-0.1, -0.05) is 291 Å². The Balaban J connectivity index is 0.925. The second-order valence-electron chi connectivity index (χ2n) is 17.8. The van der Waals surface area contributed by atoms with Crippen LogP contribution in [0.15, 0.2) is 273 Å². The molecular formula is C72H54. The monoisotopic (exact) mass is 918 g/mol. The zero-order valence-corrected chi connectivity index (χ0v) is 40.2. The van der Waals surface area contributed by atoms with Gasteiger partial charge in [0.1, 0.15) is 0 Å². The third-order valence-electron chi connectivity index (χ3n) is 12.7. The molecule has 342 valence electrons. The van der Waals surface area contributed by atoms with Crippen molar-refractivity contribution in [1.29, 1.82) is 0 Å². The van der Waals surface area contributed by atoms with Crippen LogP contribution < -0.4 is 0 Å². The van der Waals surface area contributed by atoms with E-state index in [-0.39, 0.29) is 0 Å². The van der Waals surface area contributed by atoms with Gasteiger partial charge in [0.15, 0.2) is 0 Å². The molecule has 10 aromatic carbocycles. The fourth-order valence-electron chi connectivity index (χ4n) is 8.88. The molecule has 0 bridgehead atoms. The van der Waals surface area contributed by atoms with Crippen molar-refractivity contribution >= 4 is 71.4 Å². The Morgan fingerprint density at radius 1 is 0.167 bits per heavy atom. The van der Waals surface area contributed by atoms with Crippen molar-refractivity contribution in [3.05, 3.63) is 356 Å². The summed E-state index contributed by atoms with van der Waals surface area (Å²) in [5.41, 5.74) is 21.0. The van der Waals surface area contributed by atoms with E-state index in [0.29, 0.717) is 0 Å². The van der Waals surface area contributed by atoms with Crippen molar-refractivity contribution in [2.75, 3.05) is 0 Å². The molecule has 0 aliphatic rings. The van der Waals surface area contributed by atoms with Gasteiger partial charge in [-0.2, -0.15) is 0 Å². The Labute approximate surface area is 425 Å². The lowest BCUT2D eigenvalue weighted by molar-refractivity contribution is 1.55. The van der Waals surface area contributed by atoms with Crippen LogP contribution in [0.1, 0.15) is 83.5 Å². The quantitative estimate of drug-likeness (QED) is 0.0899. The molecule has 0 N–H and O–H groups in total. The molecule has 0 aliphatic carbocycles. The minimum atomic E-state index is 1.13. The summed E-state index contributed by atoms with van der Waals surface area (Å²) in [7, 11) is 0. The lowest BCUT2D eigenvalue weighted by atomic mass is 9.95. The highest BCUT2D eigenvalue weighted by Gasteiger charge is 2.08. The Hall–Kier alpha value is -9.36. The van der Waals surface area contributed by atoms with Crippen LogP contribution in [-0.2, 0) is 0 Å². The van der Waals surface area contributed by atoms with E-state index >= 15 is 0 Å². The first-order valence-electron chi connectivity index (χ1n) is 24.6. The average molecular weight is 919 g/mol. The van der Waals surface area contributed by atoms with Crippen LogP contribution in [-0.4, -0.2) is 0 Å². The maximum absolute atomic E-state index is 2.28. The fourth-order valence-corrected chi connectivity index (χ4v) is 8.88. The van der Waals surface area contributed by atoms with Gasteiger partial charge >= 0.3 is 0 Å². The van der Waals surface area contributed by atoms with E-state index in [9.17, 15) is 0 Å². The highest BCUT2D eigenvalue weighted by molar-refractivity contribution is 5.94. The number of rotatable bonds is 15. The summed E-state index contributed by atoms with van der Waals surface area (Å²) >= 11 is 0. The zero-order chi connectivity index (χ0) is 48.6. The Morgan fingerprint density at radius 3 is 0.528 bits per heavy atom. The maximum atomic E-state index is 2.28. The highest BCUT2D eigenvalue weighted by Crippen LogP contribution is 2.30. The second kappa shape index (κ2) is 23.3. The molecule has 72 heavy (non-hydrogen) atoms. The van der Waals surface area contributed by atoms with E-state index in [4.69, 9.17) is 0 Å². The minimum absolute atomic E-state index is 1.13. The molecule has 0 saturated heterocycles. The molecule has 0 radical (unpaired) electrons. The Morgan fingerprint density at radius 2 is 0.333 bits per heavy atom. The highest BCUT2D eigenvalue weighted by atomic mass is 14.1. The second-order valence-corrected chi connectivity index (χ2v) is 17.8. The molecule has 0 spiro atoms. The summed E-state index contributed by atoms with van der Waals surface area (Å²) in [4.78, 5) is 0. The van der Waals surface area contributed by atoms with Gasteiger partial charge in [0.25, 0.3) is 0 Å². The third-order valence-corrected chi connectivity index (χ3v) is 12.7. The van der Waals surface area contributed by atoms with Gasteiger partial charge in [-0.05, 0) is 137 Å². The van der Waals surface area contributed by atoms with Gasteiger partial charge in [0, 0.05) is 0 Å². The smallest absolute Gasteiger partial charge is 0.0105 e. The summed E-state index contributed by atoms with van der Waals surface area (Å²) in [6.07, 6.45) is 20.1. The van der Waals surface area contributed by atoms with Crippen LogP contribution in [0, 0.1) is 0 Å². The van der Waals surface area contributed by atoms with Crippen molar-refractivity contribution in [2.24, 2.45) is 0 Å². The molecule has 0 saturated carbocycles. The number of benzene rings is 10. The van der Waals surface area contributed by atoms with Crippen molar-refractivity contribution in [3.63, 3.8) is 0 Å². The molecule has 0 aliphatic heterocycles. The van der Waals surface area contributed by atoms with Crippen LogP contribution in [0.3, 0.4) is 0 Å². The van der Waals surface area contributed by atoms with Crippen LogP contribution in [0.25, 0.3) is 71.4 Å². The normalized spacial score (nSPS) is 11.2. The first-order valence-corrected chi connectivity index (χ1v) is 24.6. The summed E-state index contributed by atoms with van der Waals surface area (Å²) in [6, 6.07) is 96.9. The maximum Gasteiger partial charge on any atom is -0.0105 e. The predicted octanol–water partition coefficient (Wildman–Crippen LogP) is 19.0. The van der Waals surface area contributed by atoms with Crippen molar-refractivity contribution in [2.45, 2.75) is 0 Å². The molecule has 10 rings (SSSR count). The summed E-state index contributed by atoms with van der Waals surface area (Å²) < 4.78 is 0. The molecule has 0 fully saturated rings. The van der Waals surface area contributed by atoms with E-state index in [0.717, 1.165) is 50.1 Å². The largest absolute Gasteiger partial charge is 0.0622 e. The van der Waals surface area contributed by atoms with Crippen molar-refractivity contribution in [3.8, 4) is 0 Å². The van der Waals surface area contributed by atoms with Gasteiger partial charge in [0.05, 0.1) is 0 Å². The fraction of sp³-hybridized carbons (Fsp3) is 0. The van der Waals surface area contributed by atoms with Crippen molar-refractivity contribution < 1.29 is 0 Å². The van der Waals surface area contributed by atoms with Gasteiger partial charge < -0.3 is 0 Å². The standard InChI is InChI=1S/C72H54/c1-7-19-64(20-8-1)70(65-21-9-2-10-22-65)52-58-40-31-55(32-41-58)37-46-61-49-62(47-38-56-33-42-59(43-34-56)53-71(66-23-11-3-12-24-66)67-25-13-4-14-26-67)51-63(50-61)48-39-57-35-44-60(45-36-57)54-72(68-27-15-5-16-28-68)69-29-17-6-18-30-69/h1-54H/b46-37+,47-38+,48-39+. The summed E-state index contributed by atoms with van der Waals surface area (Å²) in [5.74, 6) is 0. The zero-order valence-electron chi connectivity index (χ0n) is 40.2. The number of hydrogen-bond acceptors (Lipinski definition) is 0. The predicted molar refractivity (Wildman–Crippen MR) is 312 cm³/mol. The van der Waals surface area contributed by atoms with E-state index < -0.39 is 0 Å². The van der Waals surface area contributed by atoms with Gasteiger partial charge in [-0.3, -0.25) is 0 Å². The summed E-state index contributed by atoms with van der Waals surface area (Å²) in [6.45, 7) is 0. The number of hydrogen-bond donors (Lipinski definition) is 0. The lowest BCUT2D eigenvalue weighted by Gasteiger charge is -2.09. The van der Waals surface area contributed by atoms with Gasteiger partial charge in [-0.15, -0.1) is 0 Å². The van der Waals surface area contributed by atoms with Crippen molar-refractivity contribution in [1.82, 2.24) is 0 Å². The van der Waals surface area contributed by atoms with E-state index in [1.807, 2.05) is 0 Å². The molecule has 10 aromatic rings. The van der Waals surface area contributed by atoms with Crippen LogP contribution in [0.4, 0.5) is 0 Å². The summed E-state index contributed by atoms with van der Waals surface area (Å²) in [5, 5.41) is 0. The van der Waals surface area contributed by atoms with Crippen LogP contribution in [0.5, 0.6) is 0 Å². The van der Waals surface area contributed by atoms with Gasteiger partial charge in [0.2, 0.25) is 0 Å². The molecule has 0 heteroatoms. The molecule has 0 unspecified atom stereocenters.